The van der Waals surface area contributed by atoms with E-state index in [1.807, 2.05) is 51.1 Å². The molecular formula is C36H47N5O7. The van der Waals surface area contributed by atoms with Crippen molar-refractivity contribution in [1.82, 2.24) is 15.3 Å². The molecular weight excluding hydrogens is 614 g/mol. The van der Waals surface area contributed by atoms with Crippen LogP contribution in [-0.4, -0.2) is 76.6 Å². The highest BCUT2D eigenvalue weighted by Gasteiger charge is 2.42. The van der Waals surface area contributed by atoms with Crippen LogP contribution < -0.4 is 16.4 Å². The normalized spacial score (nSPS) is 22.8. The van der Waals surface area contributed by atoms with Crippen molar-refractivity contribution in [3.8, 4) is 0 Å². The Morgan fingerprint density at radius 1 is 0.938 bits per heavy atom. The highest BCUT2D eigenvalue weighted by Crippen LogP contribution is 2.39. The second kappa shape index (κ2) is 15.3. The molecule has 0 radical (unpaired) electrons. The summed E-state index contributed by atoms with van der Waals surface area (Å²) in [5, 5.41) is 6.36. The number of amides is 4. The number of carbonyl (C=O) groups excluding carboxylic acids is 5. The summed E-state index contributed by atoms with van der Waals surface area (Å²) in [6, 6.07) is 14.6. The quantitative estimate of drug-likeness (QED) is 0.317. The maximum atomic E-state index is 13.6. The molecule has 48 heavy (non-hydrogen) atoms. The van der Waals surface area contributed by atoms with E-state index in [0.717, 1.165) is 31.4 Å². The van der Waals surface area contributed by atoms with Gasteiger partial charge in [-0.15, -0.1) is 5.06 Å². The van der Waals surface area contributed by atoms with E-state index in [4.69, 9.17) is 15.3 Å². The molecule has 2 aromatic carbocycles. The SMILES string of the molecule is CC(C)(C)NC(=O)[C@@H]1C[C@@H]2CCCC[C@@H]2CN1C[C@@H](OC(=O)Nc1ccc(C(=O)ON2C(=O)CCC2=O)cc1)[C@@H](N)Cc1ccccc1. The Morgan fingerprint density at radius 2 is 1.58 bits per heavy atom. The Bertz CT molecular complexity index is 1460. The molecule has 5 rings (SSSR count). The van der Waals surface area contributed by atoms with E-state index in [-0.39, 0.29) is 35.9 Å². The van der Waals surface area contributed by atoms with E-state index in [9.17, 15) is 24.0 Å². The van der Waals surface area contributed by atoms with Crippen molar-refractivity contribution in [2.75, 3.05) is 18.4 Å². The minimum atomic E-state index is -0.869. The lowest BCUT2D eigenvalue weighted by Crippen LogP contribution is -2.60. The summed E-state index contributed by atoms with van der Waals surface area (Å²) in [5.41, 5.74) is 7.83. The minimum Gasteiger partial charge on any atom is -0.443 e. The summed E-state index contributed by atoms with van der Waals surface area (Å²) in [4.78, 5) is 70.2. The van der Waals surface area contributed by atoms with E-state index >= 15 is 0 Å². The van der Waals surface area contributed by atoms with Gasteiger partial charge in [0.1, 0.15) is 6.10 Å². The molecule has 0 bridgehead atoms. The summed E-state index contributed by atoms with van der Waals surface area (Å²) >= 11 is 0. The monoisotopic (exact) mass is 661 g/mol. The first-order valence-corrected chi connectivity index (χ1v) is 16.9. The Morgan fingerprint density at radius 3 is 2.23 bits per heavy atom. The number of ether oxygens (including phenoxy) is 1. The predicted molar refractivity (Wildman–Crippen MR) is 178 cm³/mol. The molecule has 2 aromatic rings. The lowest BCUT2D eigenvalue weighted by molar-refractivity contribution is -0.172. The largest absolute Gasteiger partial charge is 0.443 e. The number of benzene rings is 2. The fourth-order valence-corrected chi connectivity index (χ4v) is 6.90. The smallest absolute Gasteiger partial charge is 0.411 e. The van der Waals surface area contributed by atoms with Crippen LogP contribution in [0.1, 0.15) is 81.6 Å². The maximum absolute atomic E-state index is 13.6. The lowest BCUT2D eigenvalue weighted by atomic mass is 9.72. The van der Waals surface area contributed by atoms with Crippen LogP contribution in [0.2, 0.25) is 0 Å². The van der Waals surface area contributed by atoms with Gasteiger partial charge in [0.05, 0.1) is 11.6 Å². The number of likely N-dealkylation sites (tertiary alicyclic amines) is 1. The van der Waals surface area contributed by atoms with E-state index in [0.29, 0.717) is 35.6 Å². The zero-order chi connectivity index (χ0) is 34.4. The summed E-state index contributed by atoms with van der Waals surface area (Å²) in [5.74, 6) is -1.07. The molecule has 3 aliphatic rings. The van der Waals surface area contributed by atoms with Gasteiger partial charge in [0.15, 0.2) is 0 Å². The number of hydroxylamine groups is 2. The molecule has 3 fully saturated rings. The first-order valence-electron chi connectivity index (χ1n) is 16.9. The van der Waals surface area contributed by atoms with Gasteiger partial charge in [-0.2, -0.15) is 0 Å². The molecule has 0 unspecified atom stereocenters. The molecule has 2 saturated heterocycles. The third-order valence-electron chi connectivity index (χ3n) is 9.31. The fraction of sp³-hybridized carbons (Fsp3) is 0.528. The second-order valence-corrected chi connectivity index (χ2v) is 14.2. The van der Waals surface area contributed by atoms with E-state index in [1.54, 1.807) is 0 Å². The highest BCUT2D eigenvalue weighted by molar-refractivity contribution is 6.02. The summed E-state index contributed by atoms with van der Waals surface area (Å²) in [6.45, 7) is 6.94. The minimum absolute atomic E-state index is 0.00326. The van der Waals surface area contributed by atoms with E-state index < -0.39 is 36.0 Å². The molecule has 1 saturated carbocycles. The average Bonchev–Trinajstić information content (AvgIpc) is 3.36. The van der Waals surface area contributed by atoms with Crippen molar-refractivity contribution >= 4 is 35.5 Å². The predicted octanol–water partition coefficient (Wildman–Crippen LogP) is 4.19. The zero-order valence-electron chi connectivity index (χ0n) is 28.0. The third-order valence-corrected chi connectivity index (χ3v) is 9.31. The van der Waals surface area contributed by atoms with Crippen LogP contribution in [0.5, 0.6) is 0 Å². The number of nitrogens with one attached hydrogen (secondary N) is 2. The van der Waals surface area contributed by atoms with Crippen molar-refractivity contribution in [2.45, 2.75) is 95.9 Å². The highest BCUT2D eigenvalue weighted by atomic mass is 16.7. The molecule has 0 spiro atoms. The van der Waals surface area contributed by atoms with Gasteiger partial charge in [-0.25, -0.2) is 9.59 Å². The Labute approximate surface area is 281 Å². The standard InChI is InChI=1S/C36H47N5O7/c1-36(2,3)39-33(44)29-20-25-11-7-8-12-26(25)21-40(29)22-30(28(37)19-23-9-5-4-6-10-23)47-35(46)38-27-15-13-24(14-16-27)34(45)48-41-31(42)17-18-32(41)43/h4-6,9-10,13-16,25-26,28-30H,7-8,11-12,17-22,37H2,1-3H3,(H,38,46)(H,39,44)/t25-,26+,28-,29-,30+/m0/s1. The molecule has 258 valence electrons. The van der Waals surface area contributed by atoms with Crippen LogP contribution in [0.25, 0.3) is 0 Å². The Balaban J connectivity index is 1.29. The number of fused-ring (bicyclic) bond motifs is 1. The summed E-state index contributed by atoms with van der Waals surface area (Å²) < 4.78 is 6.02. The van der Waals surface area contributed by atoms with Gasteiger partial charge in [-0.1, -0.05) is 49.6 Å². The average molecular weight is 662 g/mol. The molecule has 2 aliphatic heterocycles. The summed E-state index contributed by atoms with van der Waals surface area (Å²) in [6.07, 6.45) is 4.36. The number of piperidine rings is 1. The first-order chi connectivity index (χ1) is 22.9. The number of rotatable bonds is 10. The maximum Gasteiger partial charge on any atom is 0.411 e. The van der Waals surface area contributed by atoms with Crippen LogP contribution in [0, 0.1) is 11.8 Å². The molecule has 4 amide bonds. The van der Waals surface area contributed by atoms with Gasteiger partial charge in [-0.05, 0) is 81.7 Å². The van der Waals surface area contributed by atoms with Gasteiger partial charge in [0, 0.05) is 43.2 Å². The van der Waals surface area contributed by atoms with Crippen molar-refractivity contribution in [2.24, 2.45) is 17.6 Å². The zero-order valence-corrected chi connectivity index (χ0v) is 28.0. The topological polar surface area (TPSA) is 160 Å². The number of hydrogen-bond acceptors (Lipinski definition) is 9. The molecule has 0 aromatic heterocycles. The molecule has 4 N–H and O–H groups in total. The van der Waals surface area contributed by atoms with Crippen LogP contribution in [0.4, 0.5) is 10.5 Å². The van der Waals surface area contributed by atoms with Gasteiger partial charge < -0.3 is 20.6 Å². The molecule has 12 nitrogen and oxygen atoms in total. The van der Waals surface area contributed by atoms with Gasteiger partial charge in [0.2, 0.25) is 5.91 Å². The number of nitrogens with two attached hydrogens (primary N) is 1. The Kier molecular flexibility index (Phi) is 11.2. The number of hydrogen-bond donors (Lipinski definition) is 3. The van der Waals surface area contributed by atoms with Crippen molar-refractivity contribution in [1.29, 1.82) is 0 Å². The van der Waals surface area contributed by atoms with Crippen molar-refractivity contribution in [3.05, 3.63) is 65.7 Å². The van der Waals surface area contributed by atoms with Crippen LogP contribution in [0.3, 0.4) is 0 Å². The lowest BCUT2D eigenvalue weighted by Gasteiger charge is -2.47. The van der Waals surface area contributed by atoms with Crippen LogP contribution in [-0.2, 0) is 30.4 Å². The second-order valence-electron chi connectivity index (χ2n) is 14.2. The van der Waals surface area contributed by atoms with Crippen LogP contribution >= 0.6 is 0 Å². The number of carbonyl (C=O) groups is 5. The van der Waals surface area contributed by atoms with Crippen molar-refractivity contribution in [3.63, 3.8) is 0 Å². The van der Waals surface area contributed by atoms with E-state index in [2.05, 4.69) is 15.5 Å². The molecule has 5 atom stereocenters. The summed E-state index contributed by atoms with van der Waals surface area (Å²) in [7, 11) is 0. The molecule has 1 aliphatic carbocycles. The molecule has 12 heteroatoms. The number of nitrogens with zero attached hydrogens (tertiary/aromatic N) is 2. The van der Waals surface area contributed by atoms with E-state index in [1.165, 1.54) is 37.1 Å². The van der Waals surface area contributed by atoms with Crippen LogP contribution in [0.15, 0.2) is 54.6 Å². The van der Waals surface area contributed by atoms with Gasteiger partial charge >= 0.3 is 12.1 Å². The van der Waals surface area contributed by atoms with Gasteiger partial charge in [-0.3, -0.25) is 24.6 Å². The number of imide groups is 1. The third kappa shape index (κ3) is 9.19. The first kappa shape index (κ1) is 35.0. The fourth-order valence-electron chi connectivity index (χ4n) is 6.90. The Hall–Kier alpha value is -4.29. The number of anilines is 1. The van der Waals surface area contributed by atoms with Gasteiger partial charge in [0.25, 0.3) is 11.8 Å². The van der Waals surface area contributed by atoms with Crippen molar-refractivity contribution < 1.29 is 33.5 Å². The molecule has 2 heterocycles.